The molecule has 0 unspecified atom stereocenters. The standard InChI is InChI=1S/C14H19NO6/c1-20-9-4-2-8(3-5-9)6-15-11-13(18)12(17)10(7-16)21-14(11)19/h2-6,10-14,16-19H,7H2,1H3/t10-,11+,12+,13+,14+/m0/s1. The van der Waals surface area contributed by atoms with Crippen LogP contribution >= 0.6 is 0 Å². The van der Waals surface area contributed by atoms with Gasteiger partial charge in [-0.2, -0.15) is 0 Å². The highest BCUT2D eigenvalue weighted by atomic mass is 16.6. The number of ether oxygens (including phenoxy) is 2. The average Bonchev–Trinajstić information content (AvgIpc) is 2.51. The van der Waals surface area contributed by atoms with Crippen LogP contribution in [0.4, 0.5) is 0 Å². The summed E-state index contributed by atoms with van der Waals surface area (Å²) in [5.74, 6) is 0.703. The van der Waals surface area contributed by atoms with Crippen molar-refractivity contribution in [2.24, 2.45) is 4.99 Å². The van der Waals surface area contributed by atoms with Gasteiger partial charge in [0, 0.05) is 6.21 Å². The summed E-state index contributed by atoms with van der Waals surface area (Å²) in [7, 11) is 1.56. The van der Waals surface area contributed by atoms with Gasteiger partial charge < -0.3 is 29.9 Å². The largest absolute Gasteiger partial charge is 0.497 e. The number of rotatable bonds is 4. The predicted molar refractivity (Wildman–Crippen MR) is 74.4 cm³/mol. The molecule has 1 aliphatic rings. The van der Waals surface area contributed by atoms with Crippen molar-refractivity contribution in [3.05, 3.63) is 29.8 Å². The van der Waals surface area contributed by atoms with Crippen molar-refractivity contribution in [3.8, 4) is 5.75 Å². The predicted octanol–water partition coefficient (Wildman–Crippen LogP) is -1.09. The van der Waals surface area contributed by atoms with Crippen molar-refractivity contribution in [2.45, 2.75) is 30.6 Å². The molecule has 1 aliphatic heterocycles. The lowest BCUT2D eigenvalue weighted by Crippen LogP contribution is -2.57. The number of benzene rings is 1. The summed E-state index contributed by atoms with van der Waals surface area (Å²) in [5.41, 5.74) is 0.744. The van der Waals surface area contributed by atoms with Crippen molar-refractivity contribution >= 4 is 6.21 Å². The molecule has 1 aromatic carbocycles. The summed E-state index contributed by atoms with van der Waals surface area (Å²) in [4.78, 5) is 4.06. The second kappa shape index (κ2) is 6.97. The lowest BCUT2D eigenvalue weighted by Gasteiger charge is -2.38. The maximum atomic E-state index is 9.93. The highest BCUT2D eigenvalue weighted by molar-refractivity contribution is 5.79. The van der Waals surface area contributed by atoms with Gasteiger partial charge in [0.05, 0.1) is 13.7 Å². The number of nitrogens with zero attached hydrogens (tertiary/aromatic N) is 1. The number of hydrogen-bond donors (Lipinski definition) is 4. The average molecular weight is 297 g/mol. The molecule has 4 N–H and O–H groups in total. The lowest BCUT2D eigenvalue weighted by atomic mass is 9.97. The second-order valence-electron chi connectivity index (χ2n) is 4.77. The van der Waals surface area contributed by atoms with E-state index in [1.807, 2.05) is 0 Å². The van der Waals surface area contributed by atoms with Gasteiger partial charge in [-0.15, -0.1) is 0 Å². The number of aliphatic imine (C=N–C) groups is 1. The molecule has 7 heteroatoms. The molecule has 1 heterocycles. The van der Waals surface area contributed by atoms with E-state index in [0.29, 0.717) is 5.75 Å². The molecule has 1 aromatic rings. The Hall–Kier alpha value is -1.51. The first-order valence-corrected chi connectivity index (χ1v) is 6.54. The molecule has 1 saturated heterocycles. The Labute approximate surface area is 122 Å². The van der Waals surface area contributed by atoms with E-state index in [1.54, 1.807) is 31.4 Å². The molecule has 1 fully saturated rings. The maximum Gasteiger partial charge on any atom is 0.180 e. The maximum absolute atomic E-state index is 9.93. The molecule has 0 saturated carbocycles. The van der Waals surface area contributed by atoms with E-state index in [9.17, 15) is 15.3 Å². The molecule has 116 valence electrons. The summed E-state index contributed by atoms with van der Waals surface area (Å²) in [5, 5.41) is 38.5. The zero-order valence-electron chi connectivity index (χ0n) is 11.5. The molecule has 0 spiro atoms. The van der Waals surface area contributed by atoms with Crippen LogP contribution in [0.1, 0.15) is 5.56 Å². The SMILES string of the molecule is COc1ccc(C=N[C@@H]2[C@@H](O)[C@H](O)[C@H](CO)O[C@H]2O)cc1. The Bertz CT molecular complexity index is 477. The van der Waals surface area contributed by atoms with Crippen LogP contribution in [-0.2, 0) is 4.74 Å². The van der Waals surface area contributed by atoms with Crippen molar-refractivity contribution in [2.75, 3.05) is 13.7 Å². The van der Waals surface area contributed by atoms with Gasteiger partial charge in [0.25, 0.3) is 0 Å². The number of methoxy groups -OCH3 is 1. The minimum Gasteiger partial charge on any atom is -0.497 e. The number of hydrogen-bond acceptors (Lipinski definition) is 7. The fraction of sp³-hybridized carbons (Fsp3) is 0.500. The minimum absolute atomic E-state index is 0.496. The van der Waals surface area contributed by atoms with Crippen LogP contribution in [0.2, 0.25) is 0 Å². The van der Waals surface area contributed by atoms with Gasteiger partial charge in [0.15, 0.2) is 6.29 Å². The highest BCUT2D eigenvalue weighted by Gasteiger charge is 2.43. The zero-order valence-corrected chi connectivity index (χ0v) is 11.5. The van der Waals surface area contributed by atoms with Gasteiger partial charge in [-0.05, 0) is 29.8 Å². The van der Waals surface area contributed by atoms with E-state index in [2.05, 4.69) is 4.99 Å². The Morgan fingerprint density at radius 1 is 1.19 bits per heavy atom. The third-order valence-electron chi connectivity index (χ3n) is 3.38. The topological polar surface area (TPSA) is 112 Å². The third-order valence-corrected chi connectivity index (χ3v) is 3.38. The lowest BCUT2D eigenvalue weighted by molar-refractivity contribution is -0.248. The molecule has 0 aromatic heterocycles. The van der Waals surface area contributed by atoms with Crippen molar-refractivity contribution in [3.63, 3.8) is 0 Å². The first-order valence-electron chi connectivity index (χ1n) is 6.54. The van der Waals surface area contributed by atoms with Crippen LogP contribution in [0.15, 0.2) is 29.3 Å². The summed E-state index contributed by atoms with van der Waals surface area (Å²) in [6.45, 7) is -0.496. The Balaban J connectivity index is 2.08. The van der Waals surface area contributed by atoms with Crippen molar-refractivity contribution in [1.29, 1.82) is 0 Å². The first-order chi connectivity index (χ1) is 10.1. The molecule has 0 amide bonds. The molecule has 7 nitrogen and oxygen atoms in total. The number of aliphatic hydroxyl groups excluding tert-OH is 4. The summed E-state index contributed by atoms with van der Waals surface area (Å²) in [6.07, 6.45) is -3.58. The van der Waals surface area contributed by atoms with Gasteiger partial charge >= 0.3 is 0 Å². The smallest absolute Gasteiger partial charge is 0.180 e. The fourth-order valence-electron chi connectivity index (χ4n) is 2.11. The summed E-state index contributed by atoms with van der Waals surface area (Å²) < 4.78 is 10.1. The van der Waals surface area contributed by atoms with E-state index >= 15 is 0 Å². The second-order valence-corrected chi connectivity index (χ2v) is 4.77. The molecular weight excluding hydrogens is 278 g/mol. The van der Waals surface area contributed by atoms with Crippen LogP contribution in [0.5, 0.6) is 5.75 Å². The van der Waals surface area contributed by atoms with Gasteiger partial charge in [0.2, 0.25) is 0 Å². The van der Waals surface area contributed by atoms with Crippen molar-refractivity contribution < 1.29 is 29.9 Å². The Kier molecular flexibility index (Phi) is 5.27. The van der Waals surface area contributed by atoms with Gasteiger partial charge in [0.1, 0.15) is 30.1 Å². The van der Waals surface area contributed by atoms with Crippen molar-refractivity contribution in [1.82, 2.24) is 0 Å². The summed E-state index contributed by atoms with van der Waals surface area (Å²) in [6, 6.07) is 6.00. The zero-order chi connectivity index (χ0) is 15.4. The molecule has 0 aliphatic carbocycles. The van der Waals surface area contributed by atoms with Crippen LogP contribution in [-0.4, -0.2) is 71.0 Å². The number of aliphatic hydroxyl groups is 4. The van der Waals surface area contributed by atoms with Gasteiger partial charge in [-0.25, -0.2) is 0 Å². The van der Waals surface area contributed by atoms with E-state index in [4.69, 9.17) is 14.6 Å². The molecule has 5 atom stereocenters. The van der Waals surface area contributed by atoms with E-state index < -0.39 is 37.3 Å². The quantitative estimate of drug-likeness (QED) is 0.526. The monoisotopic (exact) mass is 297 g/mol. The minimum atomic E-state index is -1.39. The fourth-order valence-corrected chi connectivity index (χ4v) is 2.11. The van der Waals surface area contributed by atoms with Gasteiger partial charge in [-0.3, -0.25) is 4.99 Å². The Morgan fingerprint density at radius 2 is 1.86 bits per heavy atom. The summed E-state index contributed by atoms with van der Waals surface area (Å²) >= 11 is 0. The molecular formula is C14H19NO6. The first kappa shape index (κ1) is 15.9. The molecule has 0 radical (unpaired) electrons. The van der Waals surface area contributed by atoms with Crippen LogP contribution < -0.4 is 4.74 Å². The van der Waals surface area contributed by atoms with Crippen LogP contribution in [0, 0.1) is 0 Å². The molecule has 2 rings (SSSR count). The van der Waals surface area contributed by atoms with Gasteiger partial charge in [-0.1, -0.05) is 0 Å². The Morgan fingerprint density at radius 3 is 2.43 bits per heavy atom. The van der Waals surface area contributed by atoms with E-state index in [0.717, 1.165) is 5.56 Å². The highest BCUT2D eigenvalue weighted by Crippen LogP contribution is 2.22. The normalized spacial score (nSPS) is 33.3. The third kappa shape index (κ3) is 3.58. The van der Waals surface area contributed by atoms with E-state index in [-0.39, 0.29) is 0 Å². The molecule has 0 bridgehead atoms. The van der Waals surface area contributed by atoms with E-state index in [1.165, 1.54) is 6.21 Å². The molecule has 21 heavy (non-hydrogen) atoms. The van der Waals surface area contributed by atoms with Crippen LogP contribution in [0.3, 0.4) is 0 Å². The van der Waals surface area contributed by atoms with Crippen LogP contribution in [0.25, 0.3) is 0 Å².